The predicted molar refractivity (Wildman–Crippen MR) is 202 cm³/mol. The molecule has 0 spiro atoms. The number of amides is 5. The molecule has 0 radical (unpaired) electrons. The minimum atomic E-state index is -1.32. The standard InChI is InChI=1S/C37H57N9O7/c1-39-15-5-7-26(41-3)21-43-33(49)14-11-27(34(38)50)44-37(53)30-20-25-18-23(10-13-32(25)48)22-9-12-31(47)24(17-22)19-29(42-4)36(52)45-28(35(51)46-30)8-6-16-40-2/h9-10,12-13,17-18,26-30,39-42,47-48H,5-8,11,14-16,19-21H2,1-4H3,(H2,38,50)(H,43,49)(H,44,53)(H,45,52)(H,46,51)/t26-,27-,28-,29-,30-/m0/s1. The fourth-order valence-electron chi connectivity index (χ4n) is 6.16. The van der Waals surface area contributed by atoms with Crippen molar-refractivity contribution in [2.45, 2.75) is 81.6 Å². The second-order valence-corrected chi connectivity index (χ2v) is 13.3. The Balaban J connectivity index is 1.91. The summed E-state index contributed by atoms with van der Waals surface area (Å²) in [5.41, 5.74) is 7.82. The maximum Gasteiger partial charge on any atom is 0.243 e. The molecule has 12 N–H and O–H groups in total. The van der Waals surface area contributed by atoms with E-state index in [4.69, 9.17) is 5.73 Å². The number of carbonyl (C=O) groups is 5. The van der Waals surface area contributed by atoms with Crippen molar-refractivity contribution in [3.05, 3.63) is 47.5 Å². The van der Waals surface area contributed by atoms with Crippen LogP contribution in [0, 0.1) is 0 Å². The van der Waals surface area contributed by atoms with Gasteiger partial charge < -0.3 is 58.5 Å². The van der Waals surface area contributed by atoms with Crippen molar-refractivity contribution in [3.8, 4) is 22.6 Å². The van der Waals surface area contributed by atoms with Gasteiger partial charge in [0.15, 0.2) is 0 Å². The zero-order valence-electron chi connectivity index (χ0n) is 31.1. The van der Waals surface area contributed by atoms with E-state index in [-0.39, 0.29) is 55.6 Å². The lowest BCUT2D eigenvalue weighted by Gasteiger charge is -2.26. The van der Waals surface area contributed by atoms with Gasteiger partial charge >= 0.3 is 0 Å². The van der Waals surface area contributed by atoms with Crippen LogP contribution in [0.15, 0.2) is 36.4 Å². The van der Waals surface area contributed by atoms with E-state index >= 15 is 0 Å². The van der Waals surface area contributed by atoms with E-state index in [9.17, 15) is 34.2 Å². The summed E-state index contributed by atoms with van der Waals surface area (Å²) < 4.78 is 0. The van der Waals surface area contributed by atoms with Gasteiger partial charge in [-0.2, -0.15) is 0 Å². The number of hydrogen-bond acceptors (Lipinski definition) is 11. The number of benzene rings is 2. The minimum absolute atomic E-state index is 0.00556. The van der Waals surface area contributed by atoms with Crippen LogP contribution in [-0.4, -0.2) is 118 Å². The first kappa shape index (κ1) is 42.6. The Kier molecular flexibility index (Phi) is 17.4. The van der Waals surface area contributed by atoms with Gasteiger partial charge in [0.2, 0.25) is 29.5 Å². The topological polar surface area (TPSA) is 248 Å². The van der Waals surface area contributed by atoms with Crippen LogP contribution in [0.3, 0.4) is 0 Å². The van der Waals surface area contributed by atoms with E-state index in [0.29, 0.717) is 41.8 Å². The summed E-state index contributed by atoms with van der Waals surface area (Å²) in [5.74, 6) is -3.22. The maximum absolute atomic E-state index is 13.9. The third-order valence-corrected chi connectivity index (χ3v) is 9.44. The number of primary amides is 1. The van der Waals surface area contributed by atoms with Crippen LogP contribution in [0.5, 0.6) is 11.5 Å². The molecule has 16 nitrogen and oxygen atoms in total. The van der Waals surface area contributed by atoms with Gasteiger partial charge in [-0.05, 0) is 120 Å². The Labute approximate surface area is 311 Å². The molecule has 0 aromatic heterocycles. The van der Waals surface area contributed by atoms with Crippen LogP contribution in [-0.2, 0) is 36.8 Å². The lowest BCUT2D eigenvalue weighted by atomic mass is 9.95. The van der Waals surface area contributed by atoms with Crippen molar-refractivity contribution >= 4 is 29.5 Å². The molecule has 2 aromatic carbocycles. The van der Waals surface area contributed by atoms with E-state index < -0.39 is 47.8 Å². The number of phenols is 2. The molecule has 5 amide bonds. The summed E-state index contributed by atoms with van der Waals surface area (Å²) >= 11 is 0. The highest BCUT2D eigenvalue weighted by molar-refractivity contribution is 5.95. The van der Waals surface area contributed by atoms with Crippen molar-refractivity contribution in [2.75, 3.05) is 47.8 Å². The Morgan fingerprint density at radius 2 is 1.47 bits per heavy atom. The summed E-state index contributed by atoms with van der Waals surface area (Å²) in [6.07, 6.45) is 2.24. The van der Waals surface area contributed by atoms with E-state index in [0.717, 1.165) is 19.4 Å². The monoisotopic (exact) mass is 739 g/mol. The molecule has 1 aliphatic rings. The van der Waals surface area contributed by atoms with E-state index in [1.807, 2.05) is 14.1 Å². The van der Waals surface area contributed by atoms with E-state index in [1.165, 1.54) is 12.1 Å². The van der Waals surface area contributed by atoms with Crippen LogP contribution < -0.4 is 48.3 Å². The van der Waals surface area contributed by atoms with E-state index in [1.54, 1.807) is 38.4 Å². The van der Waals surface area contributed by atoms with Gasteiger partial charge in [-0.3, -0.25) is 24.0 Å². The smallest absolute Gasteiger partial charge is 0.243 e. The average Bonchev–Trinajstić information content (AvgIpc) is 3.13. The fraction of sp³-hybridized carbons (Fsp3) is 0.541. The van der Waals surface area contributed by atoms with Crippen molar-refractivity contribution in [2.24, 2.45) is 5.73 Å². The Morgan fingerprint density at radius 1 is 0.849 bits per heavy atom. The summed E-state index contributed by atoms with van der Waals surface area (Å²) in [7, 11) is 7.06. The van der Waals surface area contributed by atoms with Gasteiger partial charge in [-0.15, -0.1) is 0 Å². The predicted octanol–water partition coefficient (Wildman–Crippen LogP) is -1.13. The molecule has 292 valence electrons. The zero-order valence-corrected chi connectivity index (χ0v) is 31.1. The molecule has 2 aromatic rings. The van der Waals surface area contributed by atoms with Crippen molar-refractivity contribution < 1.29 is 34.2 Å². The number of fused-ring (bicyclic) bond motifs is 5. The summed E-state index contributed by atoms with van der Waals surface area (Å²) in [6, 6.07) is 5.42. The molecule has 1 aliphatic heterocycles. The lowest BCUT2D eigenvalue weighted by molar-refractivity contribution is -0.134. The number of carbonyl (C=O) groups excluding carboxylic acids is 5. The van der Waals surface area contributed by atoms with Gasteiger partial charge in [-0.1, -0.05) is 12.1 Å². The third-order valence-electron chi connectivity index (χ3n) is 9.44. The molecular weight excluding hydrogens is 682 g/mol. The molecule has 0 fully saturated rings. The van der Waals surface area contributed by atoms with Crippen LogP contribution in [0.25, 0.3) is 11.1 Å². The first-order valence-corrected chi connectivity index (χ1v) is 18.2. The molecule has 0 saturated carbocycles. The van der Waals surface area contributed by atoms with Crippen molar-refractivity contribution in [1.29, 1.82) is 0 Å². The molecule has 0 saturated heterocycles. The molecule has 0 aliphatic carbocycles. The fourth-order valence-corrected chi connectivity index (χ4v) is 6.16. The van der Waals surface area contributed by atoms with Gasteiger partial charge in [0.05, 0.1) is 6.04 Å². The zero-order chi connectivity index (χ0) is 38.9. The Bertz CT molecular complexity index is 1560. The number of aromatic hydroxyl groups is 2. The van der Waals surface area contributed by atoms with Crippen LogP contribution in [0.2, 0.25) is 0 Å². The Hall–Kier alpha value is -4.77. The average molecular weight is 740 g/mol. The number of nitrogens with two attached hydrogens (primary N) is 1. The molecule has 3 rings (SSSR count). The number of phenolic OH excluding ortho intramolecular Hbond substituents is 2. The highest BCUT2D eigenvalue weighted by Gasteiger charge is 2.32. The molecule has 53 heavy (non-hydrogen) atoms. The normalized spacial score (nSPS) is 18.8. The summed E-state index contributed by atoms with van der Waals surface area (Å²) in [4.78, 5) is 66.6. The van der Waals surface area contributed by atoms with Crippen LogP contribution >= 0.6 is 0 Å². The molecule has 0 unspecified atom stereocenters. The largest absolute Gasteiger partial charge is 0.508 e. The minimum Gasteiger partial charge on any atom is -0.508 e. The first-order chi connectivity index (χ1) is 25.4. The van der Waals surface area contributed by atoms with Crippen LogP contribution in [0.4, 0.5) is 0 Å². The van der Waals surface area contributed by atoms with E-state index in [2.05, 4.69) is 42.5 Å². The molecule has 5 atom stereocenters. The second-order valence-electron chi connectivity index (χ2n) is 13.3. The molecule has 4 bridgehead atoms. The van der Waals surface area contributed by atoms with Gasteiger partial charge in [-0.25, -0.2) is 0 Å². The summed E-state index contributed by atoms with van der Waals surface area (Å²) in [5, 5.41) is 44.8. The van der Waals surface area contributed by atoms with Crippen molar-refractivity contribution in [1.82, 2.24) is 42.5 Å². The van der Waals surface area contributed by atoms with Crippen LogP contribution in [0.1, 0.15) is 49.7 Å². The SMILES string of the molecule is CNCCC[C@@H](CNC(=O)CC[C@H](NC(=O)[C@@H]1Cc2cc(ccc2O)-c2ccc(O)c(c2)C[C@H](NC)C(=O)N[C@@H](CCCNC)C(=O)N1)C(N)=O)NC. The highest BCUT2D eigenvalue weighted by atomic mass is 16.3. The van der Waals surface area contributed by atoms with Gasteiger partial charge in [0.25, 0.3) is 0 Å². The number of likely N-dealkylation sites (N-methyl/N-ethyl adjacent to an activating group) is 2. The number of rotatable bonds is 18. The second kappa shape index (κ2) is 21.7. The lowest BCUT2D eigenvalue weighted by Crippen LogP contribution is -2.58. The highest BCUT2D eigenvalue weighted by Crippen LogP contribution is 2.31. The summed E-state index contributed by atoms with van der Waals surface area (Å²) in [6.45, 7) is 1.79. The molecule has 1 heterocycles. The molecular formula is C37H57N9O7. The first-order valence-electron chi connectivity index (χ1n) is 18.2. The van der Waals surface area contributed by atoms with Gasteiger partial charge in [0, 0.05) is 31.8 Å². The van der Waals surface area contributed by atoms with Crippen molar-refractivity contribution in [3.63, 3.8) is 0 Å². The maximum atomic E-state index is 13.9. The Morgan fingerprint density at radius 3 is 2.06 bits per heavy atom. The third kappa shape index (κ3) is 13.3. The quantitative estimate of drug-likeness (QED) is 0.0818. The number of nitrogens with one attached hydrogen (secondary N) is 8. The molecule has 16 heteroatoms. The van der Waals surface area contributed by atoms with Gasteiger partial charge in [0.1, 0.15) is 29.6 Å². The number of hydrogen-bond donors (Lipinski definition) is 11.